The fraction of sp³-hybridized carbons (Fsp3) is 0.625. The van der Waals surface area contributed by atoms with Crippen LogP contribution in [0.25, 0.3) is 0 Å². The van der Waals surface area contributed by atoms with E-state index in [-0.39, 0.29) is 11.7 Å². The van der Waals surface area contributed by atoms with Crippen molar-refractivity contribution in [3.63, 3.8) is 0 Å². The zero-order chi connectivity index (χ0) is 14.7. The Balaban J connectivity index is 1.53. The minimum atomic E-state index is -1.46. The van der Waals surface area contributed by atoms with Gasteiger partial charge < -0.3 is 19.5 Å². The molecule has 1 aromatic carbocycles. The summed E-state index contributed by atoms with van der Waals surface area (Å²) in [5, 5.41) is 18.3. The normalized spacial score (nSPS) is 24.2. The molecule has 1 unspecified atom stereocenters. The highest BCUT2D eigenvalue weighted by Gasteiger charge is 2.40. The molecule has 2 N–H and O–H groups in total. The van der Waals surface area contributed by atoms with Crippen LogP contribution in [-0.4, -0.2) is 35.5 Å². The molecule has 2 fully saturated rings. The smallest absolute Gasteiger partial charge is 0.488 e. The average Bonchev–Trinajstić information content (AvgIpc) is 2.89. The molecule has 1 saturated carbocycles. The molecule has 0 radical (unpaired) electrons. The van der Waals surface area contributed by atoms with Gasteiger partial charge in [-0.2, -0.15) is 0 Å². The molecule has 1 aliphatic carbocycles. The van der Waals surface area contributed by atoms with Crippen LogP contribution >= 0.6 is 0 Å². The third kappa shape index (κ3) is 3.60. The van der Waals surface area contributed by atoms with Gasteiger partial charge in [-0.15, -0.1) is 0 Å². The van der Waals surface area contributed by atoms with Crippen LogP contribution in [0, 0.1) is 0 Å². The van der Waals surface area contributed by atoms with Crippen LogP contribution in [0.1, 0.15) is 44.9 Å². The van der Waals surface area contributed by atoms with E-state index in [1.807, 2.05) is 6.07 Å². The van der Waals surface area contributed by atoms with E-state index in [1.165, 1.54) is 32.1 Å². The number of rotatable bonds is 4. The van der Waals surface area contributed by atoms with E-state index in [0.717, 1.165) is 12.8 Å². The lowest BCUT2D eigenvalue weighted by Gasteiger charge is -2.33. The first-order valence-electron chi connectivity index (χ1n) is 7.94. The fourth-order valence-electron chi connectivity index (χ4n) is 3.53. The Morgan fingerprint density at radius 1 is 1.19 bits per heavy atom. The van der Waals surface area contributed by atoms with Crippen molar-refractivity contribution in [1.82, 2.24) is 0 Å². The monoisotopic (exact) mass is 290 g/mol. The molecule has 1 aliphatic heterocycles. The Labute approximate surface area is 126 Å². The first-order chi connectivity index (χ1) is 10.2. The predicted octanol–water partition coefficient (Wildman–Crippen LogP) is 1.63. The first-order valence-corrected chi connectivity index (χ1v) is 7.94. The van der Waals surface area contributed by atoms with Gasteiger partial charge >= 0.3 is 7.12 Å². The van der Waals surface area contributed by atoms with Crippen molar-refractivity contribution in [2.75, 3.05) is 6.61 Å². The number of hydrogen-bond acceptors (Lipinski definition) is 4. The standard InChI is InChI=1S/C16H23BO4/c18-17(19)13-5-4-6-14(11-13)20-12-15-7-10-16(21-15)8-2-1-3-9-16/h4-6,11,15,18-19H,1-3,7-10,12H2. The van der Waals surface area contributed by atoms with E-state index in [4.69, 9.17) is 19.5 Å². The van der Waals surface area contributed by atoms with Gasteiger partial charge in [0.1, 0.15) is 12.4 Å². The van der Waals surface area contributed by atoms with Crippen LogP contribution in [0.4, 0.5) is 0 Å². The SMILES string of the molecule is OB(O)c1cccc(OCC2CCC3(CCCCC3)O2)c1. The van der Waals surface area contributed by atoms with Gasteiger partial charge in [0.15, 0.2) is 0 Å². The summed E-state index contributed by atoms with van der Waals surface area (Å²) in [5.74, 6) is 0.661. The van der Waals surface area contributed by atoms with Gasteiger partial charge in [0.05, 0.1) is 11.7 Å². The average molecular weight is 290 g/mol. The maximum Gasteiger partial charge on any atom is 0.488 e. The molecule has 0 amide bonds. The highest BCUT2D eigenvalue weighted by molar-refractivity contribution is 6.58. The Morgan fingerprint density at radius 3 is 2.76 bits per heavy atom. The minimum Gasteiger partial charge on any atom is -0.491 e. The highest BCUT2D eigenvalue weighted by Crippen LogP contribution is 2.41. The summed E-state index contributed by atoms with van der Waals surface area (Å²) >= 11 is 0. The third-order valence-electron chi connectivity index (χ3n) is 4.70. The zero-order valence-corrected chi connectivity index (χ0v) is 12.3. The van der Waals surface area contributed by atoms with E-state index < -0.39 is 7.12 Å². The van der Waals surface area contributed by atoms with Crippen molar-refractivity contribution in [2.24, 2.45) is 0 Å². The minimum absolute atomic E-state index is 0.120. The molecule has 3 rings (SSSR count). The number of hydrogen-bond donors (Lipinski definition) is 2. The van der Waals surface area contributed by atoms with Gasteiger partial charge in [-0.3, -0.25) is 0 Å². The van der Waals surface area contributed by atoms with Gasteiger partial charge in [0.2, 0.25) is 0 Å². The maximum absolute atomic E-state index is 9.17. The summed E-state index contributed by atoms with van der Waals surface area (Å²) in [7, 11) is -1.46. The van der Waals surface area contributed by atoms with Gasteiger partial charge in [-0.25, -0.2) is 0 Å². The molecule has 1 spiro atoms. The van der Waals surface area contributed by atoms with Crippen molar-refractivity contribution in [1.29, 1.82) is 0 Å². The second-order valence-corrected chi connectivity index (χ2v) is 6.28. The summed E-state index contributed by atoms with van der Waals surface area (Å²) in [6, 6.07) is 6.93. The Morgan fingerprint density at radius 2 is 2.00 bits per heavy atom. The summed E-state index contributed by atoms with van der Waals surface area (Å²) in [6.07, 6.45) is 8.64. The molecule has 1 heterocycles. The molecule has 0 aromatic heterocycles. The lowest BCUT2D eigenvalue weighted by molar-refractivity contribution is -0.0748. The van der Waals surface area contributed by atoms with Crippen LogP contribution in [0.3, 0.4) is 0 Å². The first kappa shape index (κ1) is 14.9. The quantitative estimate of drug-likeness (QED) is 0.827. The third-order valence-corrected chi connectivity index (χ3v) is 4.70. The van der Waals surface area contributed by atoms with Crippen LogP contribution in [0.2, 0.25) is 0 Å². The Hall–Kier alpha value is -1.04. The van der Waals surface area contributed by atoms with E-state index in [9.17, 15) is 0 Å². The van der Waals surface area contributed by atoms with Gasteiger partial charge in [-0.05, 0) is 43.3 Å². The van der Waals surface area contributed by atoms with E-state index in [0.29, 0.717) is 17.8 Å². The molecule has 1 saturated heterocycles. The summed E-state index contributed by atoms with van der Waals surface area (Å²) < 4.78 is 12.0. The van der Waals surface area contributed by atoms with E-state index in [2.05, 4.69) is 0 Å². The molecule has 2 aliphatic rings. The molecule has 114 valence electrons. The van der Waals surface area contributed by atoms with Crippen LogP contribution in [0.5, 0.6) is 5.75 Å². The van der Waals surface area contributed by atoms with Crippen LogP contribution in [-0.2, 0) is 4.74 Å². The molecule has 1 aromatic rings. The molecule has 1 atom stereocenters. The highest BCUT2D eigenvalue weighted by atomic mass is 16.6. The predicted molar refractivity (Wildman–Crippen MR) is 81.7 cm³/mol. The second kappa shape index (κ2) is 6.38. The van der Waals surface area contributed by atoms with Crippen molar-refractivity contribution < 1.29 is 19.5 Å². The van der Waals surface area contributed by atoms with Crippen LogP contribution in [0.15, 0.2) is 24.3 Å². The lowest BCUT2D eigenvalue weighted by Crippen LogP contribution is -2.33. The van der Waals surface area contributed by atoms with E-state index in [1.54, 1.807) is 18.2 Å². The van der Waals surface area contributed by atoms with Gasteiger partial charge in [0, 0.05) is 0 Å². The van der Waals surface area contributed by atoms with Crippen molar-refractivity contribution >= 4 is 12.6 Å². The number of ether oxygens (including phenoxy) is 2. The molecular weight excluding hydrogens is 267 g/mol. The van der Waals surface area contributed by atoms with Crippen molar-refractivity contribution in [2.45, 2.75) is 56.7 Å². The molecular formula is C16H23BO4. The Kier molecular flexibility index (Phi) is 4.52. The summed E-state index contributed by atoms with van der Waals surface area (Å²) in [4.78, 5) is 0. The van der Waals surface area contributed by atoms with E-state index >= 15 is 0 Å². The molecule has 0 bridgehead atoms. The zero-order valence-electron chi connectivity index (χ0n) is 12.3. The molecule has 21 heavy (non-hydrogen) atoms. The lowest BCUT2D eigenvalue weighted by atomic mass is 9.80. The molecule has 4 nitrogen and oxygen atoms in total. The number of benzene rings is 1. The second-order valence-electron chi connectivity index (χ2n) is 6.28. The molecule has 5 heteroatoms. The van der Waals surface area contributed by atoms with Gasteiger partial charge in [-0.1, -0.05) is 31.4 Å². The van der Waals surface area contributed by atoms with Crippen LogP contribution < -0.4 is 10.2 Å². The Bertz CT molecular complexity index is 471. The van der Waals surface area contributed by atoms with Crippen molar-refractivity contribution in [3.8, 4) is 5.75 Å². The fourth-order valence-corrected chi connectivity index (χ4v) is 3.53. The summed E-state index contributed by atoms with van der Waals surface area (Å²) in [6.45, 7) is 0.534. The maximum atomic E-state index is 9.17. The summed E-state index contributed by atoms with van der Waals surface area (Å²) in [5.41, 5.74) is 0.568. The topological polar surface area (TPSA) is 58.9 Å². The van der Waals surface area contributed by atoms with Gasteiger partial charge in [0.25, 0.3) is 0 Å². The largest absolute Gasteiger partial charge is 0.491 e. The van der Waals surface area contributed by atoms with Crippen molar-refractivity contribution in [3.05, 3.63) is 24.3 Å².